The second kappa shape index (κ2) is 4.31. The van der Waals surface area contributed by atoms with Gasteiger partial charge in [-0.05, 0) is 49.5 Å². The first-order valence-corrected chi connectivity index (χ1v) is 7.85. The van der Waals surface area contributed by atoms with Crippen molar-refractivity contribution >= 4 is 5.78 Å². The van der Waals surface area contributed by atoms with E-state index in [2.05, 4.69) is 19.1 Å². The molecule has 0 fully saturated rings. The molecule has 0 radical (unpaired) electrons. The number of aliphatic hydroxyl groups excluding tert-OH is 1. The molecule has 1 N–H and O–H groups in total. The van der Waals surface area contributed by atoms with Crippen molar-refractivity contribution in [1.29, 1.82) is 0 Å². The maximum atomic E-state index is 13.8. The quantitative estimate of drug-likeness (QED) is 0.669. The normalized spacial score (nSPS) is 36.8. The van der Waals surface area contributed by atoms with Crippen molar-refractivity contribution in [2.45, 2.75) is 33.1 Å². The first-order valence-electron chi connectivity index (χ1n) is 7.85. The standard InChI is InChI=1S/C19H19FO2/c1-10-7-15-13-4-3-11-8-17(21)16(20)9-14(11)12(13)5-6-19(15,2)18(10)22/h3,7-9,14-15,21H,4-6H2,1-2H3/t14-,15-,19+/m0/s1. The summed E-state index contributed by atoms with van der Waals surface area (Å²) in [7, 11) is 0. The van der Waals surface area contributed by atoms with E-state index >= 15 is 0 Å². The highest BCUT2D eigenvalue weighted by molar-refractivity contribution is 6.02. The first-order chi connectivity index (χ1) is 10.4. The van der Waals surface area contributed by atoms with E-state index in [1.807, 2.05) is 6.92 Å². The summed E-state index contributed by atoms with van der Waals surface area (Å²) in [5.41, 5.74) is 4.05. The Morgan fingerprint density at radius 3 is 2.86 bits per heavy atom. The van der Waals surface area contributed by atoms with Crippen molar-refractivity contribution in [1.82, 2.24) is 0 Å². The van der Waals surface area contributed by atoms with Crippen LogP contribution in [-0.4, -0.2) is 10.9 Å². The molecular weight excluding hydrogens is 279 g/mol. The maximum absolute atomic E-state index is 13.8. The number of ketones is 1. The summed E-state index contributed by atoms with van der Waals surface area (Å²) in [6.07, 6.45) is 9.67. The molecule has 0 aromatic heterocycles. The van der Waals surface area contributed by atoms with Gasteiger partial charge >= 0.3 is 0 Å². The van der Waals surface area contributed by atoms with E-state index in [0.29, 0.717) is 0 Å². The molecule has 4 aliphatic rings. The average Bonchev–Trinajstić information content (AvgIpc) is 2.72. The van der Waals surface area contributed by atoms with Crippen molar-refractivity contribution < 1.29 is 14.3 Å². The van der Waals surface area contributed by atoms with E-state index in [4.69, 9.17) is 0 Å². The fraction of sp³-hybridized carbons (Fsp3) is 0.421. The molecule has 0 saturated heterocycles. The van der Waals surface area contributed by atoms with Gasteiger partial charge in [0.15, 0.2) is 17.4 Å². The summed E-state index contributed by atoms with van der Waals surface area (Å²) in [6.45, 7) is 3.97. The van der Waals surface area contributed by atoms with Crippen LogP contribution in [0.15, 0.2) is 58.2 Å². The molecule has 3 atom stereocenters. The van der Waals surface area contributed by atoms with Gasteiger partial charge < -0.3 is 5.11 Å². The summed E-state index contributed by atoms with van der Waals surface area (Å²) < 4.78 is 13.8. The minimum absolute atomic E-state index is 0.0754. The fourth-order valence-electron chi connectivity index (χ4n) is 4.58. The molecule has 0 amide bonds. The lowest BCUT2D eigenvalue weighted by Gasteiger charge is -2.42. The van der Waals surface area contributed by atoms with E-state index < -0.39 is 5.83 Å². The van der Waals surface area contributed by atoms with Crippen LogP contribution < -0.4 is 0 Å². The number of carbonyl (C=O) groups excluding carboxylic acids is 1. The topological polar surface area (TPSA) is 37.3 Å². The van der Waals surface area contributed by atoms with Crippen molar-refractivity contribution in [2.24, 2.45) is 17.3 Å². The number of hydrogen-bond donors (Lipinski definition) is 1. The van der Waals surface area contributed by atoms with Gasteiger partial charge in [0.05, 0.1) is 0 Å². The Labute approximate surface area is 129 Å². The molecule has 0 bridgehead atoms. The fourth-order valence-corrected chi connectivity index (χ4v) is 4.58. The molecule has 0 saturated carbocycles. The van der Waals surface area contributed by atoms with Crippen LogP contribution in [0.2, 0.25) is 0 Å². The Morgan fingerprint density at radius 1 is 1.32 bits per heavy atom. The molecule has 22 heavy (non-hydrogen) atoms. The Kier molecular flexibility index (Phi) is 2.69. The maximum Gasteiger partial charge on any atom is 0.165 e. The van der Waals surface area contributed by atoms with Crippen molar-refractivity contribution in [3.8, 4) is 0 Å². The average molecular weight is 298 g/mol. The summed E-state index contributed by atoms with van der Waals surface area (Å²) in [4.78, 5) is 12.5. The van der Waals surface area contributed by atoms with Crippen LogP contribution in [0.25, 0.3) is 0 Å². The van der Waals surface area contributed by atoms with Gasteiger partial charge in [-0.1, -0.05) is 30.2 Å². The minimum atomic E-state index is -0.543. The van der Waals surface area contributed by atoms with Crippen LogP contribution in [0.5, 0.6) is 0 Å². The Balaban J connectivity index is 1.80. The number of halogens is 1. The smallest absolute Gasteiger partial charge is 0.165 e. The summed E-state index contributed by atoms with van der Waals surface area (Å²) in [6, 6.07) is 0. The number of Topliss-reactive ketones (excluding diaryl/α,β-unsaturated/α-hetero) is 1. The Hall–Kier alpha value is -1.90. The lowest BCUT2D eigenvalue weighted by molar-refractivity contribution is -0.124. The SMILES string of the molecule is CC1=C[C@H]2C3=C(CC[C@@]2(C)C1=O)[C@H]1C=C(F)C(O)=CC1=CC3. The van der Waals surface area contributed by atoms with Crippen molar-refractivity contribution in [2.75, 3.05) is 0 Å². The molecular formula is C19H19FO2. The Morgan fingerprint density at radius 2 is 2.09 bits per heavy atom. The lowest BCUT2D eigenvalue weighted by atomic mass is 9.61. The predicted octanol–water partition coefficient (Wildman–Crippen LogP) is 4.48. The molecule has 2 nitrogen and oxygen atoms in total. The third-order valence-electron chi connectivity index (χ3n) is 5.83. The monoisotopic (exact) mass is 298 g/mol. The molecule has 0 aliphatic heterocycles. The molecule has 0 unspecified atom stereocenters. The molecule has 3 heteroatoms. The summed E-state index contributed by atoms with van der Waals surface area (Å²) in [5.74, 6) is -0.481. The number of allylic oxidation sites excluding steroid dienone is 9. The highest BCUT2D eigenvalue weighted by Crippen LogP contribution is 2.55. The largest absolute Gasteiger partial charge is 0.505 e. The molecule has 0 spiro atoms. The van der Waals surface area contributed by atoms with Gasteiger partial charge in [-0.3, -0.25) is 4.79 Å². The van der Waals surface area contributed by atoms with Gasteiger partial charge in [0, 0.05) is 17.3 Å². The third kappa shape index (κ3) is 1.62. The van der Waals surface area contributed by atoms with E-state index in [1.54, 1.807) is 6.08 Å². The predicted molar refractivity (Wildman–Crippen MR) is 82.7 cm³/mol. The highest BCUT2D eigenvalue weighted by atomic mass is 19.1. The van der Waals surface area contributed by atoms with E-state index in [0.717, 1.165) is 30.4 Å². The molecule has 4 aliphatic carbocycles. The summed E-state index contributed by atoms with van der Waals surface area (Å²) in [5, 5.41) is 9.58. The summed E-state index contributed by atoms with van der Waals surface area (Å²) >= 11 is 0. The minimum Gasteiger partial charge on any atom is -0.505 e. The van der Waals surface area contributed by atoms with Crippen LogP contribution >= 0.6 is 0 Å². The van der Waals surface area contributed by atoms with Crippen molar-refractivity contribution in [3.05, 3.63) is 58.2 Å². The van der Waals surface area contributed by atoms with E-state index in [9.17, 15) is 14.3 Å². The molecule has 0 heterocycles. The second-order valence-corrected chi connectivity index (χ2v) is 7.05. The molecule has 0 aromatic carbocycles. The van der Waals surface area contributed by atoms with E-state index in [-0.39, 0.29) is 28.8 Å². The van der Waals surface area contributed by atoms with Crippen LogP contribution in [0.4, 0.5) is 4.39 Å². The lowest BCUT2D eigenvalue weighted by Crippen LogP contribution is -2.37. The van der Waals surface area contributed by atoms with Gasteiger partial charge in [0.1, 0.15) is 0 Å². The molecule has 4 rings (SSSR count). The third-order valence-corrected chi connectivity index (χ3v) is 5.83. The van der Waals surface area contributed by atoms with Crippen molar-refractivity contribution in [3.63, 3.8) is 0 Å². The Bertz CT molecular complexity index is 747. The second-order valence-electron chi connectivity index (χ2n) is 7.05. The highest BCUT2D eigenvalue weighted by Gasteiger charge is 2.50. The number of carbonyl (C=O) groups is 1. The van der Waals surface area contributed by atoms with Gasteiger partial charge in [-0.15, -0.1) is 0 Å². The number of aliphatic hydroxyl groups is 1. The van der Waals surface area contributed by atoms with Gasteiger partial charge in [0.25, 0.3) is 0 Å². The number of rotatable bonds is 0. The molecule has 114 valence electrons. The number of hydrogen-bond acceptors (Lipinski definition) is 2. The van der Waals surface area contributed by atoms with Gasteiger partial charge in [-0.25, -0.2) is 4.39 Å². The van der Waals surface area contributed by atoms with Gasteiger partial charge in [0.2, 0.25) is 0 Å². The molecule has 0 aromatic rings. The van der Waals surface area contributed by atoms with Crippen LogP contribution in [0, 0.1) is 17.3 Å². The van der Waals surface area contributed by atoms with Gasteiger partial charge in [-0.2, -0.15) is 0 Å². The number of fused-ring (bicyclic) bond motifs is 4. The van der Waals surface area contributed by atoms with Crippen LogP contribution in [0.1, 0.15) is 33.1 Å². The zero-order chi connectivity index (χ0) is 15.6. The first kappa shape index (κ1) is 13.7. The van der Waals surface area contributed by atoms with Crippen LogP contribution in [0.3, 0.4) is 0 Å². The van der Waals surface area contributed by atoms with E-state index in [1.165, 1.54) is 17.2 Å². The zero-order valence-corrected chi connectivity index (χ0v) is 12.8. The zero-order valence-electron chi connectivity index (χ0n) is 12.8. The van der Waals surface area contributed by atoms with Crippen LogP contribution in [-0.2, 0) is 4.79 Å².